The van der Waals surface area contributed by atoms with Crippen LogP contribution in [0.15, 0.2) is 126 Å². The highest BCUT2D eigenvalue weighted by Crippen LogP contribution is 2.41. The maximum absolute atomic E-state index is 4.66. The lowest BCUT2D eigenvalue weighted by atomic mass is 10.0. The van der Waals surface area contributed by atoms with Gasteiger partial charge in [-0.25, -0.2) is 0 Å². The Labute approximate surface area is 224 Å². The molecule has 1 aliphatic rings. The largest absolute Gasteiger partial charge is 0.309 e. The van der Waals surface area contributed by atoms with E-state index in [9.17, 15) is 0 Å². The highest BCUT2D eigenvalue weighted by atomic mass is 15.0. The molecule has 0 unspecified atom stereocenters. The third-order valence-corrected chi connectivity index (χ3v) is 8.33. The van der Waals surface area contributed by atoms with Crippen LogP contribution in [0.3, 0.4) is 0 Å². The number of benzene rings is 6. The molecule has 6 aromatic carbocycles. The molecule has 0 saturated heterocycles. The molecule has 0 atom stereocenters. The smallest absolute Gasteiger partial charge is 0.0682 e. The summed E-state index contributed by atoms with van der Waals surface area (Å²) in [7, 11) is 0. The van der Waals surface area contributed by atoms with E-state index in [2.05, 4.69) is 135 Å². The Morgan fingerprint density at radius 1 is 0.487 bits per heavy atom. The van der Waals surface area contributed by atoms with Gasteiger partial charge in [-0.15, -0.1) is 0 Å². The third-order valence-electron chi connectivity index (χ3n) is 8.33. The number of hydrogen-bond acceptors (Lipinski definition) is 1. The molecule has 3 heterocycles. The van der Waals surface area contributed by atoms with Crippen molar-refractivity contribution < 1.29 is 0 Å². The van der Waals surface area contributed by atoms with E-state index in [1.165, 1.54) is 65.6 Å². The van der Waals surface area contributed by atoms with Crippen molar-refractivity contribution in [2.24, 2.45) is 4.99 Å². The summed E-state index contributed by atoms with van der Waals surface area (Å²) in [6.45, 7) is 0. The lowest BCUT2D eigenvalue weighted by Crippen LogP contribution is -1.95. The quantitative estimate of drug-likeness (QED) is 0.227. The molecular weight excluding hydrogens is 474 g/mol. The van der Waals surface area contributed by atoms with E-state index in [4.69, 9.17) is 0 Å². The van der Waals surface area contributed by atoms with Gasteiger partial charge in [0.2, 0.25) is 0 Å². The Kier molecular flexibility index (Phi) is 4.11. The minimum Gasteiger partial charge on any atom is -0.309 e. The molecule has 9 rings (SSSR count). The van der Waals surface area contributed by atoms with Crippen molar-refractivity contribution in [1.82, 2.24) is 9.13 Å². The van der Waals surface area contributed by atoms with Gasteiger partial charge in [-0.2, -0.15) is 0 Å². The van der Waals surface area contributed by atoms with Gasteiger partial charge in [-0.3, -0.25) is 4.99 Å². The molecule has 1 aliphatic heterocycles. The van der Waals surface area contributed by atoms with Gasteiger partial charge in [0.25, 0.3) is 0 Å². The first-order chi connectivity index (χ1) is 19.3. The molecule has 0 saturated carbocycles. The summed E-state index contributed by atoms with van der Waals surface area (Å²) in [5.41, 5.74) is 9.61. The first-order valence-corrected chi connectivity index (χ1v) is 13.5. The number of hydrogen-bond donors (Lipinski definition) is 0. The molecule has 0 amide bonds. The molecule has 0 fully saturated rings. The normalized spacial score (nSPS) is 12.9. The SMILES string of the molecule is C1=Nc2cc(-n3c4ccccc4c4ccc5cc6c(cc5c43)c3ccccc3n6-c3ccccc3)ccc2C1. The number of aromatic nitrogens is 2. The lowest BCUT2D eigenvalue weighted by Gasteiger charge is -2.12. The topological polar surface area (TPSA) is 22.2 Å². The fraction of sp³-hybridized carbons (Fsp3) is 0.0278. The fourth-order valence-electron chi connectivity index (χ4n) is 6.60. The van der Waals surface area contributed by atoms with Crippen molar-refractivity contribution in [2.75, 3.05) is 0 Å². The van der Waals surface area contributed by atoms with Gasteiger partial charge in [0.15, 0.2) is 0 Å². The Morgan fingerprint density at radius 3 is 2.08 bits per heavy atom. The summed E-state index contributed by atoms with van der Waals surface area (Å²) in [5.74, 6) is 0. The number of rotatable bonds is 2. The second-order valence-electron chi connectivity index (χ2n) is 10.4. The molecule has 0 aliphatic carbocycles. The average molecular weight is 498 g/mol. The van der Waals surface area contributed by atoms with Crippen molar-refractivity contribution in [3.8, 4) is 11.4 Å². The van der Waals surface area contributed by atoms with E-state index >= 15 is 0 Å². The fourth-order valence-corrected chi connectivity index (χ4v) is 6.60. The molecule has 8 aromatic rings. The molecule has 0 spiro atoms. The van der Waals surface area contributed by atoms with E-state index < -0.39 is 0 Å². The predicted octanol–water partition coefficient (Wildman–Crippen LogP) is 9.29. The van der Waals surface area contributed by atoms with E-state index in [0.29, 0.717) is 0 Å². The number of aliphatic imine (C=N–C) groups is 1. The summed E-state index contributed by atoms with van der Waals surface area (Å²) in [6, 6.07) is 44.3. The van der Waals surface area contributed by atoms with Crippen LogP contribution >= 0.6 is 0 Å². The van der Waals surface area contributed by atoms with Gasteiger partial charge < -0.3 is 9.13 Å². The first-order valence-electron chi connectivity index (χ1n) is 13.5. The van der Waals surface area contributed by atoms with Crippen molar-refractivity contribution >= 4 is 66.3 Å². The van der Waals surface area contributed by atoms with Crippen molar-refractivity contribution in [1.29, 1.82) is 0 Å². The standard InChI is InChI=1S/C36H23N3/c1-2-8-25(9-3-1)38-33-12-6-5-11-28(33)31-22-30-24(20-35(31)38)15-17-29-27-10-4-7-13-34(27)39(36(29)30)26-16-14-23-18-19-37-32(23)21-26/h1-17,19-22H,18H2. The van der Waals surface area contributed by atoms with E-state index in [-0.39, 0.29) is 0 Å². The molecule has 3 heteroatoms. The van der Waals surface area contributed by atoms with Gasteiger partial charge >= 0.3 is 0 Å². The summed E-state index contributed by atoms with van der Waals surface area (Å²) in [6.07, 6.45) is 2.92. The van der Waals surface area contributed by atoms with Gasteiger partial charge in [0, 0.05) is 50.9 Å². The average Bonchev–Trinajstić information content (AvgIpc) is 3.68. The monoisotopic (exact) mass is 497 g/mol. The third kappa shape index (κ3) is 2.84. The Hall–Kier alpha value is -5.15. The molecule has 3 nitrogen and oxygen atoms in total. The van der Waals surface area contributed by atoms with Gasteiger partial charge in [-0.05, 0) is 59.5 Å². The highest BCUT2D eigenvalue weighted by Gasteiger charge is 2.19. The maximum atomic E-state index is 4.66. The predicted molar refractivity (Wildman–Crippen MR) is 164 cm³/mol. The van der Waals surface area contributed by atoms with Gasteiger partial charge in [-0.1, -0.05) is 72.8 Å². The van der Waals surface area contributed by atoms with Crippen LogP contribution in [0.2, 0.25) is 0 Å². The van der Waals surface area contributed by atoms with Crippen LogP contribution in [0.5, 0.6) is 0 Å². The Balaban J connectivity index is 1.46. The van der Waals surface area contributed by atoms with Crippen molar-refractivity contribution in [3.63, 3.8) is 0 Å². The van der Waals surface area contributed by atoms with Crippen LogP contribution in [0.4, 0.5) is 5.69 Å². The van der Waals surface area contributed by atoms with Crippen LogP contribution in [0.25, 0.3) is 65.8 Å². The van der Waals surface area contributed by atoms with E-state index in [1.54, 1.807) is 0 Å². The molecule has 39 heavy (non-hydrogen) atoms. The molecule has 0 bridgehead atoms. The minimum atomic E-state index is 0.912. The molecule has 182 valence electrons. The van der Waals surface area contributed by atoms with Crippen molar-refractivity contribution in [3.05, 3.63) is 127 Å². The van der Waals surface area contributed by atoms with Crippen LogP contribution in [0.1, 0.15) is 5.56 Å². The molecule has 0 radical (unpaired) electrons. The second-order valence-corrected chi connectivity index (χ2v) is 10.4. The molecule has 0 N–H and O–H groups in total. The summed E-state index contributed by atoms with van der Waals surface area (Å²) >= 11 is 0. The second kappa shape index (κ2) is 7.68. The Bertz CT molecular complexity index is 2300. The van der Waals surface area contributed by atoms with E-state index in [0.717, 1.165) is 17.8 Å². The highest BCUT2D eigenvalue weighted by molar-refractivity contribution is 6.22. The van der Waals surface area contributed by atoms with E-state index in [1.807, 2.05) is 6.21 Å². The Morgan fingerprint density at radius 2 is 1.23 bits per heavy atom. The van der Waals surface area contributed by atoms with Gasteiger partial charge in [0.1, 0.15) is 0 Å². The molecular formula is C36H23N3. The van der Waals surface area contributed by atoms with Crippen molar-refractivity contribution in [2.45, 2.75) is 6.42 Å². The first kappa shape index (κ1) is 20.9. The summed E-state index contributed by atoms with van der Waals surface area (Å²) in [5, 5.41) is 7.57. The zero-order chi connectivity index (χ0) is 25.5. The number of fused-ring (bicyclic) bond motifs is 9. The van der Waals surface area contributed by atoms with Crippen LogP contribution < -0.4 is 0 Å². The summed E-state index contributed by atoms with van der Waals surface area (Å²) < 4.78 is 4.83. The number of para-hydroxylation sites is 3. The summed E-state index contributed by atoms with van der Waals surface area (Å²) in [4.78, 5) is 4.66. The zero-order valence-corrected chi connectivity index (χ0v) is 21.2. The molecule has 2 aromatic heterocycles. The number of nitrogens with zero attached hydrogens (tertiary/aromatic N) is 3. The zero-order valence-electron chi connectivity index (χ0n) is 21.2. The minimum absolute atomic E-state index is 0.912. The lowest BCUT2D eigenvalue weighted by molar-refractivity contribution is 1.18. The van der Waals surface area contributed by atoms with Crippen LogP contribution in [-0.2, 0) is 6.42 Å². The van der Waals surface area contributed by atoms with Crippen LogP contribution in [0, 0.1) is 0 Å². The van der Waals surface area contributed by atoms with Crippen LogP contribution in [-0.4, -0.2) is 15.3 Å². The maximum Gasteiger partial charge on any atom is 0.0682 e. The van der Waals surface area contributed by atoms with Gasteiger partial charge in [0.05, 0.1) is 27.8 Å².